The highest BCUT2D eigenvalue weighted by atomic mass is 28.4. The zero-order valence-corrected chi connectivity index (χ0v) is 19.0. The summed E-state index contributed by atoms with van der Waals surface area (Å²) in [5.41, 5.74) is 0.984. The van der Waals surface area contributed by atoms with Crippen molar-refractivity contribution < 1.29 is 23.2 Å². The molecule has 6 nitrogen and oxygen atoms in total. The number of hydrogen-bond acceptors (Lipinski definition) is 5. The highest BCUT2D eigenvalue weighted by molar-refractivity contribution is 6.74. The minimum absolute atomic E-state index is 0.0216. The fraction of sp³-hybridized carbons (Fsp3) is 0.800. The summed E-state index contributed by atoms with van der Waals surface area (Å²) in [6.07, 6.45) is 2.71. The lowest BCUT2D eigenvalue weighted by Gasteiger charge is -2.43. The van der Waals surface area contributed by atoms with Gasteiger partial charge in [-0.1, -0.05) is 27.7 Å². The monoisotopic (exact) mass is 395 g/mol. The van der Waals surface area contributed by atoms with Crippen molar-refractivity contribution in [3.05, 3.63) is 11.8 Å². The summed E-state index contributed by atoms with van der Waals surface area (Å²) in [5.74, 6) is 1.20. The second-order valence-electron chi connectivity index (χ2n) is 9.07. The van der Waals surface area contributed by atoms with Gasteiger partial charge >= 0.3 is 11.9 Å². The van der Waals surface area contributed by atoms with Crippen molar-refractivity contribution in [2.45, 2.75) is 84.5 Å². The maximum atomic E-state index is 6.51. The van der Waals surface area contributed by atoms with Gasteiger partial charge in [-0.15, -0.1) is 0 Å². The summed E-state index contributed by atoms with van der Waals surface area (Å²) < 4.78 is 26.5. The molecular weight excluding hydrogens is 360 g/mol. The zero-order valence-electron chi connectivity index (χ0n) is 18.0. The zero-order chi connectivity index (χ0) is 20.0. The molecule has 0 amide bonds. The Bertz CT molecular complexity index is 693. The molecule has 0 aromatic carbocycles. The third kappa shape index (κ3) is 3.73. The fourth-order valence-electron chi connectivity index (χ4n) is 3.58. The number of ether oxygens (including phenoxy) is 3. The smallest absolute Gasteiger partial charge is 0.459 e. The van der Waals surface area contributed by atoms with Crippen LogP contribution in [0.3, 0.4) is 0 Å². The predicted molar refractivity (Wildman–Crippen MR) is 106 cm³/mol. The van der Waals surface area contributed by atoms with Crippen LogP contribution in [0.2, 0.25) is 18.1 Å². The quantitative estimate of drug-likeness (QED) is 0.519. The van der Waals surface area contributed by atoms with E-state index >= 15 is 0 Å². The molecule has 1 fully saturated rings. The van der Waals surface area contributed by atoms with Crippen LogP contribution < -0.4 is 14.0 Å². The predicted octanol–water partition coefficient (Wildman–Crippen LogP) is 3.78. The first-order chi connectivity index (χ1) is 12.6. The van der Waals surface area contributed by atoms with Crippen molar-refractivity contribution in [3.8, 4) is 11.9 Å². The van der Waals surface area contributed by atoms with E-state index in [-0.39, 0.29) is 23.5 Å². The largest absolute Gasteiger partial charge is 0.504 e. The first kappa shape index (κ1) is 20.5. The third-order valence-electron chi connectivity index (χ3n) is 6.72. The van der Waals surface area contributed by atoms with Crippen LogP contribution in [0.15, 0.2) is 6.20 Å². The SMILES string of the molecule is CCOc1nc2[n+](cc1C)[C@H]1C[C@H](O2)[C@@H](CO[Si](C)(C)C(C)(C)C(C)C)O1. The minimum atomic E-state index is -1.89. The highest BCUT2D eigenvalue weighted by Crippen LogP contribution is 2.45. The van der Waals surface area contributed by atoms with Gasteiger partial charge in [0.05, 0.1) is 25.2 Å². The molecule has 1 aromatic rings. The molecule has 2 bridgehead atoms. The summed E-state index contributed by atoms with van der Waals surface area (Å²) in [5, 5.41) is 0.185. The van der Waals surface area contributed by atoms with Crippen molar-refractivity contribution in [1.82, 2.24) is 4.98 Å². The molecule has 0 radical (unpaired) electrons. The van der Waals surface area contributed by atoms with Crippen LogP contribution in [0.4, 0.5) is 0 Å². The lowest BCUT2D eigenvalue weighted by molar-refractivity contribution is -0.769. The Hall–Kier alpha value is -1.18. The van der Waals surface area contributed by atoms with Crippen molar-refractivity contribution in [3.63, 3.8) is 0 Å². The van der Waals surface area contributed by atoms with E-state index in [1.165, 1.54) is 0 Å². The Morgan fingerprint density at radius 1 is 1.37 bits per heavy atom. The molecule has 7 heteroatoms. The number of nitrogens with zero attached hydrogens (tertiary/aromatic N) is 2. The van der Waals surface area contributed by atoms with E-state index in [0.717, 1.165) is 12.0 Å². The summed E-state index contributed by atoms with van der Waals surface area (Å²) in [4.78, 5) is 4.56. The van der Waals surface area contributed by atoms with Crippen molar-refractivity contribution in [1.29, 1.82) is 0 Å². The normalized spacial score (nSPS) is 24.7. The number of aromatic nitrogens is 2. The summed E-state index contributed by atoms with van der Waals surface area (Å²) in [6.45, 7) is 18.9. The Morgan fingerprint density at radius 3 is 2.70 bits per heavy atom. The lowest BCUT2D eigenvalue weighted by atomic mass is 9.99. The van der Waals surface area contributed by atoms with Gasteiger partial charge in [0.25, 0.3) is 0 Å². The molecule has 0 saturated carbocycles. The molecule has 3 rings (SSSR count). The molecule has 27 heavy (non-hydrogen) atoms. The maximum absolute atomic E-state index is 6.51. The topological polar surface area (TPSA) is 53.7 Å². The van der Waals surface area contributed by atoms with E-state index < -0.39 is 8.32 Å². The Kier molecular flexibility index (Phi) is 5.58. The summed E-state index contributed by atoms with van der Waals surface area (Å²) >= 11 is 0. The van der Waals surface area contributed by atoms with E-state index in [4.69, 9.17) is 18.6 Å². The average molecular weight is 396 g/mol. The molecule has 1 saturated heterocycles. The molecule has 2 aliphatic heterocycles. The van der Waals surface area contributed by atoms with Crippen LogP contribution >= 0.6 is 0 Å². The van der Waals surface area contributed by atoms with Gasteiger partial charge in [-0.05, 0) is 37.9 Å². The Labute approximate surface area is 164 Å². The van der Waals surface area contributed by atoms with Gasteiger partial charge < -0.3 is 18.6 Å². The highest BCUT2D eigenvalue weighted by Gasteiger charge is 2.50. The van der Waals surface area contributed by atoms with Gasteiger partial charge in [0, 0.05) is 4.98 Å². The average Bonchev–Trinajstić information content (AvgIpc) is 2.92. The van der Waals surface area contributed by atoms with Crippen LogP contribution in [0.5, 0.6) is 11.9 Å². The van der Waals surface area contributed by atoms with Gasteiger partial charge in [0.2, 0.25) is 6.23 Å². The van der Waals surface area contributed by atoms with E-state index in [2.05, 4.69) is 45.8 Å². The van der Waals surface area contributed by atoms with Crippen LogP contribution in [-0.2, 0) is 9.16 Å². The molecule has 0 unspecified atom stereocenters. The fourth-order valence-corrected chi connectivity index (χ4v) is 5.92. The maximum Gasteiger partial charge on any atom is 0.504 e. The van der Waals surface area contributed by atoms with E-state index in [1.54, 1.807) is 0 Å². The summed E-state index contributed by atoms with van der Waals surface area (Å²) in [6, 6.07) is 0.576. The first-order valence-electron chi connectivity index (χ1n) is 10.1. The molecule has 152 valence electrons. The summed E-state index contributed by atoms with van der Waals surface area (Å²) in [7, 11) is -1.89. The molecule has 0 N–H and O–H groups in total. The van der Waals surface area contributed by atoms with E-state index in [1.807, 2.05) is 24.6 Å². The second-order valence-corrected chi connectivity index (χ2v) is 13.7. The molecule has 0 aliphatic carbocycles. The Balaban J connectivity index is 1.71. The molecule has 0 spiro atoms. The van der Waals surface area contributed by atoms with E-state index in [0.29, 0.717) is 31.0 Å². The van der Waals surface area contributed by atoms with Gasteiger partial charge in [-0.25, -0.2) is 0 Å². The van der Waals surface area contributed by atoms with Crippen LogP contribution in [0.25, 0.3) is 0 Å². The first-order valence-corrected chi connectivity index (χ1v) is 13.0. The van der Waals surface area contributed by atoms with Crippen LogP contribution in [0.1, 0.15) is 52.8 Å². The standard InChI is InChI=1S/C20H35N2O4Si/c1-9-23-18-14(4)11-22-17-10-15(26-19(22)21-18)16(25-17)12-24-27(7,8)20(5,6)13(2)3/h11,13,15-17H,9-10,12H2,1-8H3/q+1/t15-,16+,17+/m0/s1. The van der Waals surface area contributed by atoms with Crippen molar-refractivity contribution in [2.24, 2.45) is 5.92 Å². The third-order valence-corrected chi connectivity index (χ3v) is 11.3. The molecule has 3 heterocycles. The van der Waals surface area contributed by atoms with Gasteiger partial charge in [-0.2, -0.15) is 4.57 Å². The van der Waals surface area contributed by atoms with Gasteiger partial charge in [0.1, 0.15) is 18.4 Å². The van der Waals surface area contributed by atoms with Crippen molar-refractivity contribution >= 4 is 8.32 Å². The lowest BCUT2D eigenvalue weighted by Crippen LogP contribution is -2.48. The van der Waals surface area contributed by atoms with Crippen molar-refractivity contribution in [2.75, 3.05) is 13.2 Å². The Morgan fingerprint density at radius 2 is 2.07 bits per heavy atom. The number of fused-ring (bicyclic) bond motifs is 4. The number of rotatable bonds is 7. The molecule has 3 atom stereocenters. The van der Waals surface area contributed by atoms with E-state index in [9.17, 15) is 0 Å². The van der Waals surface area contributed by atoms with Gasteiger partial charge in [-0.3, -0.25) is 0 Å². The second kappa shape index (κ2) is 7.33. The van der Waals surface area contributed by atoms with Gasteiger partial charge in [0.15, 0.2) is 8.32 Å². The molecule has 1 aromatic heterocycles. The van der Waals surface area contributed by atoms with Crippen LogP contribution in [-0.4, -0.2) is 38.7 Å². The number of hydrogen-bond donors (Lipinski definition) is 0. The minimum Gasteiger partial charge on any atom is -0.459 e. The molecule has 2 aliphatic rings. The molecular formula is C20H35N2O4Si+. The number of aryl methyl sites for hydroxylation is 1. The van der Waals surface area contributed by atoms with Crippen LogP contribution in [0, 0.1) is 12.8 Å².